The van der Waals surface area contributed by atoms with Gasteiger partial charge in [-0.25, -0.2) is 4.98 Å². The molecule has 122 valence electrons. The quantitative estimate of drug-likeness (QED) is 0.571. The van der Waals surface area contributed by atoms with Crippen LogP contribution < -0.4 is 4.90 Å². The van der Waals surface area contributed by atoms with Gasteiger partial charge in [0.25, 0.3) is 5.22 Å². The third kappa shape index (κ3) is 4.07. The number of hydrogen-bond donors (Lipinski definition) is 0. The fraction of sp³-hybridized carbons (Fsp3) is 0.111. The zero-order chi connectivity index (χ0) is 16.9. The number of anilines is 1. The minimum atomic E-state index is -0.00611. The zero-order valence-electron chi connectivity index (χ0n) is 13.0. The van der Waals surface area contributed by atoms with Gasteiger partial charge in [-0.2, -0.15) is 0 Å². The maximum Gasteiger partial charge on any atom is 0.256 e. The largest absolute Gasteiger partial charge is 0.431 e. The first-order chi connectivity index (χ1) is 11.6. The van der Waals surface area contributed by atoms with Crippen molar-refractivity contribution in [1.29, 1.82) is 0 Å². The minimum Gasteiger partial charge on any atom is -0.431 e. The van der Waals surface area contributed by atoms with Gasteiger partial charge in [-0.05, 0) is 24.3 Å². The SMILES string of the molecule is CN(C(=O)CSc1ncc(-c2cccc(Br)c2)o1)c1ccccc1. The molecule has 0 unspecified atom stereocenters. The Hall–Kier alpha value is -2.05. The summed E-state index contributed by atoms with van der Waals surface area (Å²) in [5.74, 6) is 0.945. The molecule has 0 radical (unpaired) electrons. The predicted molar refractivity (Wildman–Crippen MR) is 100 cm³/mol. The molecule has 1 aromatic heterocycles. The van der Waals surface area contributed by atoms with E-state index in [-0.39, 0.29) is 11.7 Å². The first-order valence-corrected chi connectivity index (χ1v) is 9.07. The molecule has 0 N–H and O–H groups in total. The lowest BCUT2D eigenvalue weighted by molar-refractivity contribution is -0.115. The smallest absolute Gasteiger partial charge is 0.256 e. The van der Waals surface area contributed by atoms with Gasteiger partial charge in [0.2, 0.25) is 5.91 Å². The van der Waals surface area contributed by atoms with Gasteiger partial charge in [0.15, 0.2) is 5.76 Å². The lowest BCUT2D eigenvalue weighted by atomic mass is 10.2. The van der Waals surface area contributed by atoms with E-state index in [9.17, 15) is 4.79 Å². The first kappa shape index (κ1) is 16.8. The van der Waals surface area contributed by atoms with Crippen LogP contribution in [0.3, 0.4) is 0 Å². The van der Waals surface area contributed by atoms with Crippen LogP contribution in [-0.4, -0.2) is 23.7 Å². The Morgan fingerprint density at radius 1 is 1.21 bits per heavy atom. The van der Waals surface area contributed by atoms with E-state index in [4.69, 9.17) is 4.42 Å². The topological polar surface area (TPSA) is 46.3 Å². The van der Waals surface area contributed by atoms with Crippen molar-refractivity contribution in [2.24, 2.45) is 0 Å². The summed E-state index contributed by atoms with van der Waals surface area (Å²) in [4.78, 5) is 18.1. The summed E-state index contributed by atoms with van der Waals surface area (Å²) < 4.78 is 6.70. The standard InChI is InChI=1S/C18H15BrN2O2S/c1-21(15-8-3-2-4-9-15)17(22)12-24-18-20-11-16(23-18)13-6-5-7-14(19)10-13/h2-11H,12H2,1H3. The number of aromatic nitrogens is 1. The summed E-state index contributed by atoms with van der Waals surface area (Å²) in [7, 11) is 1.76. The van der Waals surface area contributed by atoms with Crippen LogP contribution in [0.1, 0.15) is 0 Å². The Labute approximate surface area is 153 Å². The average molecular weight is 403 g/mol. The van der Waals surface area contributed by atoms with Gasteiger partial charge in [-0.15, -0.1) is 0 Å². The monoisotopic (exact) mass is 402 g/mol. The summed E-state index contributed by atoms with van der Waals surface area (Å²) in [5.41, 5.74) is 1.81. The molecule has 0 aliphatic heterocycles. The third-order valence-electron chi connectivity index (χ3n) is 3.43. The number of rotatable bonds is 5. The lowest BCUT2D eigenvalue weighted by Gasteiger charge is -2.16. The van der Waals surface area contributed by atoms with Crippen molar-refractivity contribution < 1.29 is 9.21 Å². The highest BCUT2D eigenvalue weighted by Crippen LogP contribution is 2.27. The Balaban J connectivity index is 1.62. The van der Waals surface area contributed by atoms with Crippen LogP contribution in [0.15, 0.2) is 74.9 Å². The van der Waals surface area contributed by atoms with E-state index in [1.165, 1.54) is 11.8 Å². The van der Waals surface area contributed by atoms with Crippen molar-refractivity contribution in [2.45, 2.75) is 5.22 Å². The number of hydrogen-bond acceptors (Lipinski definition) is 4. The number of nitrogens with zero attached hydrogens (tertiary/aromatic N) is 2. The Morgan fingerprint density at radius 3 is 2.75 bits per heavy atom. The maximum atomic E-state index is 12.3. The molecular formula is C18H15BrN2O2S. The molecule has 3 rings (SSSR count). The number of halogens is 1. The van der Waals surface area contributed by atoms with E-state index in [0.29, 0.717) is 11.0 Å². The Bertz CT molecular complexity index is 836. The zero-order valence-corrected chi connectivity index (χ0v) is 15.4. The van der Waals surface area contributed by atoms with Crippen LogP contribution in [0.4, 0.5) is 5.69 Å². The van der Waals surface area contributed by atoms with Gasteiger partial charge >= 0.3 is 0 Å². The molecule has 4 nitrogen and oxygen atoms in total. The summed E-state index contributed by atoms with van der Waals surface area (Å²) in [6, 6.07) is 17.3. The first-order valence-electron chi connectivity index (χ1n) is 7.29. The molecule has 24 heavy (non-hydrogen) atoms. The van der Waals surface area contributed by atoms with Crippen molar-refractivity contribution in [2.75, 3.05) is 17.7 Å². The molecule has 2 aromatic carbocycles. The van der Waals surface area contributed by atoms with Crippen molar-refractivity contribution in [3.63, 3.8) is 0 Å². The van der Waals surface area contributed by atoms with Crippen molar-refractivity contribution in [1.82, 2.24) is 4.98 Å². The second-order valence-corrected chi connectivity index (χ2v) is 6.92. The predicted octanol–water partition coefficient (Wildman–Crippen LogP) is 4.86. The highest BCUT2D eigenvalue weighted by Gasteiger charge is 2.14. The normalized spacial score (nSPS) is 10.6. The van der Waals surface area contributed by atoms with E-state index in [1.807, 2.05) is 54.6 Å². The molecule has 1 amide bonds. The van der Waals surface area contributed by atoms with Gasteiger partial charge < -0.3 is 9.32 Å². The number of oxazole rings is 1. The Kier molecular flexibility index (Phi) is 5.37. The summed E-state index contributed by atoms with van der Waals surface area (Å²) >= 11 is 4.73. The van der Waals surface area contributed by atoms with E-state index in [2.05, 4.69) is 20.9 Å². The molecule has 6 heteroatoms. The van der Waals surface area contributed by atoms with Gasteiger partial charge in [-0.3, -0.25) is 4.79 Å². The fourth-order valence-electron chi connectivity index (χ4n) is 2.12. The molecular weight excluding hydrogens is 388 g/mol. The van der Waals surface area contributed by atoms with Gasteiger partial charge in [0.1, 0.15) is 0 Å². The molecule has 0 saturated heterocycles. The summed E-state index contributed by atoms with van der Waals surface area (Å²) in [6.45, 7) is 0. The van der Waals surface area contributed by atoms with Gasteiger partial charge in [0.05, 0.1) is 11.9 Å². The van der Waals surface area contributed by atoms with Crippen molar-refractivity contribution in [3.8, 4) is 11.3 Å². The van der Waals surface area contributed by atoms with Gasteiger partial charge in [-0.1, -0.05) is 58.0 Å². The molecule has 0 spiro atoms. The molecule has 0 bridgehead atoms. The van der Waals surface area contributed by atoms with Crippen molar-refractivity contribution >= 4 is 39.3 Å². The highest BCUT2D eigenvalue weighted by molar-refractivity contribution is 9.10. The molecule has 0 saturated carbocycles. The molecule has 0 aliphatic rings. The number of carbonyl (C=O) groups excluding carboxylic acids is 1. The number of para-hydroxylation sites is 1. The second-order valence-electron chi connectivity index (χ2n) is 5.08. The van der Waals surface area contributed by atoms with E-state index in [0.717, 1.165) is 15.7 Å². The molecule has 0 aliphatic carbocycles. The van der Waals surface area contributed by atoms with E-state index in [1.54, 1.807) is 18.1 Å². The van der Waals surface area contributed by atoms with E-state index < -0.39 is 0 Å². The number of amides is 1. The molecule has 1 heterocycles. The highest BCUT2D eigenvalue weighted by atomic mass is 79.9. The van der Waals surface area contributed by atoms with Crippen LogP contribution in [0.2, 0.25) is 0 Å². The average Bonchev–Trinajstić information content (AvgIpc) is 3.09. The van der Waals surface area contributed by atoms with Gasteiger partial charge in [0, 0.05) is 22.8 Å². The maximum absolute atomic E-state index is 12.3. The lowest BCUT2D eigenvalue weighted by Crippen LogP contribution is -2.27. The number of carbonyl (C=O) groups is 1. The van der Waals surface area contributed by atoms with Crippen LogP contribution in [-0.2, 0) is 4.79 Å². The van der Waals surface area contributed by atoms with Crippen LogP contribution >= 0.6 is 27.7 Å². The fourth-order valence-corrected chi connectivity index (χ4v) is 3.23. The Morgan fingerprint density at radius 2 is 2.00 bits per heavy atom. The minimum absolute atomic E-state index is 0.00611. The van der Waals surface area contributed by atoms with Crippen LogP contribution in [0.5, 0.6) is 0 Å². The molecule has 0 atom stereocenters. The number of thioether (sulfide) groups is 1. The van der Waals surface area contributed by atoms with Crippen LogP contribution in [0.25, 0.3) is 11.3 Å². The summed E-state index contributed by atoms with van der Waals surface area (Å²) in [5, 5.41) is 0.486. The number of benzene rings is 2. The van der Waals surface area contributed by atoms with Crippen molar-refractivity contribution in [3.05, 3.63) is 65.3 Å². The van der Waals surface area contributed by atoms with Crippen LogP contribution in [0, 0.1) is 0 Å². The summed E-state index contributed by atoms with van der Waals surface area (Å²) in [6.07, 6.45) is 1.68. The molecule has 0 fully saturated rings. The second kappa shape index (κ2) is 7.68. The van der Waals surface area contributed by atoms with E-state index >= 15 is 0 Å². The third-order valence-corrected chi connectivity index (χ3v) is 4.75. The molecule has 3 aromatic rings.